The number of benzene rings is 1. The molecule has 0 saturated heterocycles. The molecule has 3 heteroatoms. The van der Waals surface area contributed by atoms with Crippen molar-refractivity contribution in [3.63, 3.8) is 0 Å². The van der Waals surface area contributed by atoms with Crippen molar-refractivity contribution in [3.8, 4) is 0 Å². The van der Waals surface area contributed by atoms with Crippen molar-refractivity contribution in [3.05, 3.63) is 35.1 Å². The smallest absolute Gasteiger partial charge is 0.254 e. The normalized spacial score (nSPS) is 9.93. The lowest BCUT2D eigenvalue weighted by Crippen LogP contribution is -2.24. The fraction of sp³-hybridized carbons (Fsp3) is 0.364. The zero-order valence-electron chi connectivity index (χ0n) is 8.43. The maximum atomic E-state index is 13.6. The highest BCUT2D eigenvalue weighted by Gasteiger charge is 2.12. The molecule has 0 heterocycles. The average molecular weight is 195 g/mol. The van der Waals surface area contributed by atoms with Crippen molar-refractivity contribution >= 4 is 5.91 Å². The van der Waals surface area contributed by atoms with Crippen LogP contribution in [0.15, 0.2) is 18.2 Å². The first-order valence-electron chi connectivity index (χ1n) is 4.76. The van der Waals surface area contributed by atoms with Gasteiger partial charge in [-0.25, -0.2) is 4.39 Å². The summed E-state index contributed by atoms with van der Waals surface area (Å²) in [6, 6.07) is 4.89. The Balaban J connectivity index is 3.03. The minimum absolute atomic E-state index is 0.131. The summed E-state index contributed by atoms with van der Waals surface area (Å²) in [4.78, 5) is 11.4. The van der Waals surface area contributed by atoms with Crippen LogP contribution in [0.3, 0.4) is 0 Å². The standard InChI is InChI=1S/C11H14FNO/c1-3-8-6-5-7-9(10(8)12)11(14)13-4-2/h5-7H,3-4H2,1-2H3,(H,13,14). The van der Waals surface area contributed by atoms with Gasteiger partial charge >= 0.3 is 0 Å². The SMILES string of the molecule is CCNC(=O)c1cccc(CC)c1F. The summed E-state index contributed by atoms with van der Waals surface area (Å²) in [5.74, 6) is -0.749. The highest BCUT2D eigenvalue weighted by atomic mass is 19.1. The molecule has 0 aliphatic carbocycles. The van der Waals surface area contributed by atoms with Gasteiger partial charge in [-0.1, -0.05) is 19.1 Å². The molecule has 0 aliphatic heterocycles. The summed E-state index contributed by atoms with van der Waals surface area (Å²) in [6.07, 6.45) is 0.596. The Morgan fingerprint density at radius 1 is 1.43 bits per heavy atom. The molecule has 0 spiro atoms. The van der Waals surface area contributed by atoms with E-state index in [1.54, 1.807) is 19.1 Å². The van der Waals surface area contributed by atoms with Gasteiger partial charge < -0.3 is 5.32 Å². The van der Waals surface area contributed by atoms with E-state index < -0.39 is 5.82 Å². The second-order valence-electron chi connectivity index (χ2n) is 2.99. The van der Waals surface area contributed by atoms with Crippen LogP contribution in [0.2, 0.25) is 0 Å². The largest absolute Gasteiger partial charge is 0.352 e. The van der Waals surface area contributed by atoms with Gasteiger partial charge in [-0.15, -0.1) is 0 Å². The van der Waals surface area contributed by atoms with Crippen LogP contribution in [-0.2, 0) is 6.42 Å². The maximum absolute atomic E-state index is 13.6. The molecule has 0 unspecified atom stereocenters. The van der Waals surface area contributed by atoms with E-state index in [0.29, 0.717) is 18.5 Å². The van der Waals surface area contributed by atoms with Crippen LogP contribution in [-0.4, -0.2) is 12.5 Å². The number of hydrogen-bond acceptors (Lipinski definition) is 1. The Bertz CT molecular complexity index is 336. The molecule has 0 radical (unpaired) electrons. The van der Waals surface area contributed by atoms with Gasteiger partial charge in [0.15, 0.2) is 0 Å². The zero-order chi connectivity index (χ0) is 10.6. The number of halogens is 1. The molecule has 0 atom stereocenters. The molecular weight excluding hydrogens is 181 g/mol. The molecule has 0 fully saturated rings. The molecule has 0 aliphatic rings. The molecule has 1 aromatic carbocycles. The van der Waals surface area contributed by atoms with Gasteiger partial charge in [0.05, 0.1) is 5.56 Å². The second kappa shape index (κ2) is 4.74. The highest BCUT2D eigenvalue weighted by molar-refractivity contribution is 5.94. The summed E-state index contributed by atoms with van der Waals surface area (Å²) >= 11 is 0. The lowest BCUT2D eigenvalue weighted by molar-refractivity contribution is 0.0951. The van der Waals surface area contributed by atoms with Crippen molar-refractivity contribution < 1.29 is 9.18 Å². The average Bonchev–Trinajstić information content (AvgIpc) is 2.18. The van der Waals surface area contributed by atoms with Crippen molar-refractivity contribution in [2.24, 2.45) is 0 Å². The number of hydrogen-bond donors (Lipinski definition) is 1. The van der Waals surface area contributed by atoms with Crippen LogP contribution >= 0.6 is 0 Å². The Kier molecular flexibility index (Phi) is 3.63. The van der Waals surface area contributed by atoms with Crippen molar-refractivity contribution in [1.82, 2.24) is 5.32 Å². The van der Waals surface area contributed by atoms with E-state index in [4.69, 9.17) is 0 Å². The lowest BCUT2D eigenvalue weighted by atomic mass is 10.1. The number of aryl methyl sites for hydroxylation is 1. The topological polar surface area (TPSA) is 29.1 Å². The molecule has 1 N–H and O–H groups in total. The molecule has 2 nitrogen and oxygen atoms in total. The predicted molar refractivity (Wildman–Crippen MR) is 53.8 cm³/mol. The summed E-state index contributed by atoms with van der Waals surface area (Å²) in [6.45, 7) is 4.17. The predicted octanol–water partition coefficient (Wildman–Crippen LogP) is 2.14. The monoisotopic (exact) mass is 195 g/mol. The van der Waals surface area contributed by atoms with Gasteiger partial charge in [0, 0.05) is 6.54 Å². The summed E-state index contributed by atoms with van der Waals surface area (Å²) in [5, 5.41) is 2.58. The van der Waals surface area contributed by atoms with E-state index in [1.807, 2.05) is 6.92 Å². The van der Waals surface area contributed by atoms with Crippen LogP contribution < -0.4 is 5.32 Å². The van der Waals surface area contributed by atoms with Gasteiger partial charge in [-0.2, -0.15) is 0 Å². The Morgan fingerprint density at radius 2 is 2.14 bits per heavy atom. The van der Waals surface area contributed by atoms with E-state index in [2.05, 4.69) is 5.32 Å². The number of carbonyl (C=O) groups is 1. The second-order valence-corrected chi connectivity index (χ2v) is 2.99. The highest BCUT2D eigenvalue weighted by Crippen LogP contribution is 2.13. The molecule has 1 aromatic rings. The minimum Gasteiger partial charge on any atom is -0.352 e. The first kappa shape index (κ1) is 10.7. The van der Waals surface area contributed by atoms with Gasteiger partial charge in [0.25, 0.3) is 5.91 Å². The van der Waals surface area contributed by atoms with Gasteiger partial charge in [0.1, 0.15) is 5.82 Å². The molecule has 14 heavy (non-hydrogen) atoms. The third kappa shape index (κ3) is 2.10. The van der Waals surface area contributed by atoms with E-state index in [0.717, 1.165) is 0 Å². The summed E-state index contributed by atoms with van der Waals surface area (Å²) in [5.41, 5.74) is 0.708. The number of nitrogens with one attached hydrogen (secondary N) is 1. The van der Waals surface area contributed by atoms with E-state index >= 15 is 0 Å². The van der Waals surface area contributed by atoms with Gasteiger partial charge in [-0.05, 0) is 25.0 Å². The van der Waals surface area contributed by atoms with E-state index in [-0.39, 0.29) is 11.5 Å². The molecule has 1 amide bonds. The van der Waals surface area contributed by atoms with Crippen LogP contribution in [0.4, 0.5) is 4.39 Å². The van der Waals surface area contributed by atoms with Crippen LogP contribution in [0, 0.1) is 5.82 Å². The maximum Gasteiger partial charge on any atom is 0.254 e. The van der Waals surface area contributed by atoms with Crippen LogP contribution in [0.25, 0.3) is 0 Å². The Morgan fingerprint density at radius 3 is 2.71 bits per heavy atom. The zero-order valence-corrected chi connectivity index (χ0v) is 8.43. The van der Waals surface area contributed by atoms with E-state index in [9.17, 15) is 9.18 Å². The third-order valence-electron chi connectivity index (χ3n) is 2.04. The Hall–Kier alpha value is -1.38. The third-order valence-corrected chi connectivity index (χ3v) is 2.04. The lowest BCUT2D eigenvalue weighted by Gasteiger charge is -2.06. The fourth-order valence-electron chi connectivity index (χ4n) is 1.28. The van der Waals surface area contributed by atoms with Crippen molar-refractivity contribution in [2.75, 3.05) is 6.54 Å². The molecule has 0 saturated carbocycles. The van der Waals surface area contributed by atoms with Crippen LogP contribution in [0.5, 0.6) is 0 Å². The summed E-state index contributed by atoms with van der Waals surface area (Å²) in [7, 11) is 0. The van der Waals surface area contributed by atoms with Gasteiger partial charge in [-0.3, -0.25) is 4.79 Å². The molecule has 0 bridgehead atoms. The van der Waals surface area contributed by atoms with Gasteiger partial charge in [0.2, 0.25) is 0 Å². The Labute approximate surface area is 83.1 Å². The summed E-state index contributed by atoms with van der Waals surface area (Å²) < 4.78 is 13.6. The molecule has 0 aromatic heterocycles. The molecule has 1 rings (SSSR count). The number of carbonyl (C=O) groups excluding carboxylic acids is 1. The number of rotatable bonds is 3. The quantitative estimate of drug-likeness (QED) is 0.786. The van der Waals surface area contributed by atoms with Crippen LogP contribution in [0.1, 0.15) is 29.8 Å². The van der Waals surface area contributed by atoms with Crippen molar-refractivity contribution in [2.45, 2.75) is 20.3 Å². The number of amides is 1. The molecular formula is C11H14FNO. The van der Waals surface area contributed by atoms with E-state index in [1.165, 1.54) is 6.07 Å². The molecule has 76 valence electrons. The van der Waals surface area contributed by atoms with Crippen molar-refractivity contribution in [1.29, 1.82) is 0 Å². The fourth-order valence-corrected chi connectivity index (χ4v) is 1.28. The first-order valence-corrected chi connectivity index (χ1v) is 4.76. The first-order chi connectivity index (χ1) is 6.70. The minimum atomic E-state index is -0.402.